The summed E-state index contributed by atoms with van der Waals surface area (Å²) in [6, 6.07) is 0. The van der Waals surface area contributed by atoms with Gasteiger partial charge in [0.25, 0.3) is 0 Å². The molecule has 0 radical (unpaired) electrons. The van der Waals surface area contributed by atoms with Crippen molar-refractivity contribution in [2.45, 2.75) is 40.7 Å². The van der Waals surface area contributed by atoms with Gasteiger partial charge in [-0.1, -0.05) is 13.8 Å². The zero-order valence-electron chi connectivity index (χ0n) is 7.60. The van der Waals surface area contributed by atoms with Crippen LogP contribution in [0, 0.1) is 11.3 Å². The molecule has 0 aromatic carbocycles. The Morgan fingerprint density at radius 2 is 1.30 bits per heavy atom. The first-order valence-corrected chi connectivity index (χ1v) is 3.57. The van der Waals surface area contributed by atoms with Crippen molar-refractivity contribution < 1.29 is 5.11 Å². The summed E-state index contributed by atoms with van der Waals surface area (Å²) in [5.74, 6) is 0.407. The highest BCUT2D eigenvalue weighted by Crippen LogP contribution is 1.96. The summed E-state index contributed by atoms with van der Waals surface area (Å²) in [4.78, 5) is 0. The van der Waals surface area contributed by atoms with Crippen molar-refractivity contribution in [3.63, 3.8) is 0 Å². The first kappa shape index (κ1) is 12.3. The van der Waals surface area contributed by atoms with Crippen molar-refractivity contribution in [2.75, 3.05) is 0 Å². The van der Waals surface area contributed by atoms with E-state index in [2.05, 4.69) is 0 Å². The minimum Gasteiger partial charge on any atom is -0.393 e. The van der Waals surface area contributed by atoms with Crippen LogP contribution >= 0.6 is 0 Å². The second kappa shape index (κ2) is 6.75. The van der Waals surface area contributed by atoms with E-state index in [0.717, 1.165) is 0 Å². The third-order valence-electron chi connectivity index (χ3n) is 0.965. The monoisotopic (exact) mass is 145 g/mol. The molecule has 0 spiro atoms. The predicted octanol–water partition coefficient (Wildman–Crippen LogP) is 2.07. The normalized spacial score (nSPS) is 11.9. The summed E-state index contributed by atoms with van der Waals surface area (Å²) in [5.41, 5.74) is 0.667. The van der Waals surface area contributed by atoms with E-state index in [1.807, 2.05) is 13.8 Å². The highest BCUT2D eigenvalue weighted by molar-refractivity contribution is 5.75. The van der Waals surface area contributed by atoms with Gasteiger partial charge in [-0.15, -0.1) is 0 Å². The molecule has 0 rings (SSSR count). The lowest BCUT2D eigenvalue weighted by Crippen LogP contribution is -2.07. The molecule has 0 aliphatic heterocycles. The maximum atomic E-state index is 8.63. The Morgan fingerprint density at radius 3 is 1.30 bits per heavy atom. The Balaban J connectivity index is 0. The van der Waals surface area contributed by atoms with Crippen molar-refractivity contribution in [1.82, 2.24) is 0 Å². The van der Waals surface area contributed by atoms with Crippen LogP contribution in [0.25, 0.3) is 0 Å². The molecule has 0 aliphatic carbocycles. The van der Waals surface area contributed by atoms with Crippen molar-refractivity contribution in [3.05, 3.63) is 0 Å². The van der Waals surface area contributed by atoms with Gasteiger partial charge in [-0.2, -0.15) is 0 Å². The molecule has 2 heteroatoms. The zero-order valence-corrected chi connectivity index (χ0v) is 7.60. The van der Waals surface area contributed by atoms with Crippen LogP contribution in [0.2, 0.25) is 0 Å². The lowest BCUT2D eigenvalue weighted by molar-refractivity contribution is 0.144. The van der Waals surface area contributed by atoms with Gasteiger partial charge in [0, 0.05) is 5.71 Å². The highest BCUT2D eigenvalue weighted by atomic mass is 16.3. The van der Waals surface area contributed by atoms with Gasteiger partial charge in [0.05, 0.1) is 6.10 Å². The first-order chi connectivity index (χ1) is 4.37. The standard InChI is InChI=1S/C5H12O.C3H7N/c1-4(2)5(3)6;1-3(2)4/h4-6H,1-3H3;4H,1-2H3. The Hall–Kier alpha value is -0.370. The van der Waals surface area contributed by atoms with Gasteiger partial charge in [-0.3, -0.25) is 0 Å². The molecular formula is C8H19NO. The topological polar surface area (TPSA) is 44.1 Å². The summed E-state index contributed by atoms with van der Waals surface area (Å²) in [5, 5.41) is 15.1. The van der Waals surface area contributed by atoms with E-state index < -0.39 is 0 Å². The van der Waals surface area contributed by atoms with Crippen molar-refractivity contribution >= 4 is 5.71 Å². The van der Waals surface area contributed by atoms with Crippen molar-refractivity contribution in [2.24, 2.45) is 5.92 Å². The maximum Gasteiger partial charge on any atom is 0.0535 e. The van der Waals surface area contributed by atoms with E-state index in [0.29, 0.717) is 11.6 Å². The molecule has 0 aliphatic rings. The summed E-state index contributed by atoms with van der Waals surface area (Å²) in [7, 11) is 0. The van der Waals surface area contributed by atoms with Crippen LogP contribution in [0.15, 0.2) is 0 Å². The van der Waals surface area contributed by atoms with Gasteiger partial charge in [-0.25, -0.2) is 0 Å². The highest BCUT2D eigenvalue weighted by Gasteiger charge is 1.97. The third kappa shape index (κ3) is 25.5. The fourth-order valence-corrected chi connectivity index (χ4v) is 0. The smallest absolute Gasteiger partial charge is 0.0535 e. The van der Waals surface area contributed by atoms with Gasteiger partial charge in [0.1, 0.15) is 0 Å². The molecule has 0 fully saturated rings. The van der Waals surface area contributed by atoms with Gasteiger partial charge in [0.15, 0.2) is 0 Å². The predicted molar refractivity (Wildman–Crippen MR) is 45.6 cm³/mol. The molecular weight excluding hydrogens is 126 g/mol. The Labute approximate surface area is 63.8 Å². The van der Waals surface area contributed by atoms with Gasteiger partial charge in [0.2, 0.25) is 0 Å². The van der Waals surface area contributed by atoms with Crippen molar-refractivity contribution in [1.29, 1.82) is 5.41 Å². The van der Waals surface area contributed by atoms with Gasteiger partial charge in [-0.05, 0) is 26.7 Å². The molecule has 10 heavy (non-hydrogen) atoms. The molecule has 0 amide bonds. The Bertz CT molecular complexity index is 77.3. The molecule has 0 aromatic heterocycles. The number of hydrogen-bond donors (Lipinski definition) is 2. The molecule has 1 atom stereocenters. The largest absolute Gasteiger partial charge is 0.393 e. The van der Waals surface area contributed by atoms with E-state index in [9.17, 15) is 0 Å². The van der Waals surface area contributed by atoms with Crippen LogP contribution in [0.5, 0.6) is 0 Å². The average molecular weight is 145 g/mol. The lowest BCUT2D eigenvalue weighted by Gasteiger charge is -2.04. The van der Waals surface area contributed by atoms with Crippen LogP contribution in [0.4, 0.5) is 0 Å². The van der Waals surface area contributed by atoms with E-state index in [1.165, 1.54) is 0 Å². The van der Waals surface area contributed by atoms with Crippen LogP contribution in [0.1, 0.15) is 34.6 Å². The summed E-state index contributed by atoms with van der Waals surface area (Å²) < 4.78 is 0. The van der Waals surface area contributed by atoms with Gasteiger partial charge >= 0.3 is 0 Å². The molecule has 1 unspecified atom stereocenters. The molecule has 2 N–H and O–H groups in total. The van der Waals surface area contributed by atoms with E-state index in [4.69, 9.17) is 10.5 Å². The van der Waals surface area contributed by atoms with Crippen LogP contribution in [0.3, 0.4) is 0 Å². The van der Waals surface area contributed by atoms with E-state index >= 15 is 0 Å². The molecule has 62 valence electrons. The fourth-order valence-electron chi connectivity index (χ4n) is 0. The minimum atomic E-state index is -0.148. The second-order valence-electron chi connectivity index (χ2n) is 2.98. The maximum absolute atomic E-state index is 8.63. The molecule has 0 bridgehead atoms. The third-order valence-corrected chi connectivity index (χ3v) is 0.965. The SMILES string of the molecule is CC(C)=N.CC(C)C(C)O. The van der Waals surface area contributed by atoms with E-state index in [1.54, 1.807) is 20.8 Å². The Kier molecular flexibility index (Phi) is 8.31. The molecule has 0 saturated heterocycles. The lowest BCUT2D eigenvalue weighted by atomic mass is 10.1. The number of nitrogens with one attached hydrogen (secondary N) is 1. The summed E-state index contributed by atoms with van der Waals surface area (Å²) in [6.07, 6.45) is -0.148. The quantitative estimate of drug-likeness (QED) is 0.545. The molecule has 0 heterocycles. The molecule has 0 saturated carbocycles. The number of rotatable bonds is 1. The fraction of sp³-hybridized carbons (Fsp3) is 0.875. The Morgan fingerprint density at radius 1 is 1.20 bits per heavy atom. The minimum absolute atomic E-state index is 0.148. The van der Waals surface area contributed by atoms with Crippen molar-refractivity contribution in [3.8, 4) is 0 Å². The number of hydrogen-bond acceptors (Lipinski definition) is 2. The number of aliphatic hydroxyl groups is 1. The van der Waals surface area contributed by atoms with Crippen LogP contribution < -0.4 is 0 Å². The summed E-state index contributed by atoms with van der Waals surface area (Å²) in [6.45, 7) is 9.28. The van der Waals surface area contributed by atoms with Crippen LogP contribution in [-0.4, -0.2) is 16.9 Å². The molecule has 2 nitrogen and oxygen atoms in total. The van der Waals surface area contributed by atoms with Gasteiger partial charge < -0.3 is 10.5 Å². The zero-order chi connectivity index (χ0) is 8.73. The number of aliphatic hydroxyl groups excluding tert-OH is 1. The van der Waals surface area contributed by atoms with Crippen LogP contribution in [-0.2, 0) is 0 Å². The van der Waals surface area contributed by atoms with E-state index in [-0.39, 0.29) is 6.10 Å². The molecule has 0 aromatic rings. The first-order valence-electron chi connectivity index (χ1n) is 3.57. The second-order valence-corrected chi connectivity index (χ2v) is 2.98. The average Bonchev–Trinajstić information content (AvgIpc) is 1.63. The summed E-state index contributed by atoms with van der Waals surface area (Å²) >= 11 is 0.